The third kappa shape index (κ3) is 3.94. The zero-order chi connectivity index (χ0) is 21.1. The Hall–Kier alpha value is -3.16. The normalized spacial score (nSPS) is 17.7. The topological polar surface area (TPSA) is 66.9 Å². The molecule has 1 fully saturated rings. The van der Waals surface area contributed by atoms with Gasteiger partial charge in [0.1, 0.15) is 17.5 Å². The third-order valence-corrected chi connectivity index (χ3v) is 7.06. The number of rotatable bonds is 5. The Balaban J connectivity index is 1.49. The van der Waals surface area contributed by atoms with Crippen molar-refractivity contribution in [2.24, 2.45) is 0 Å². The molecular weight excluding hydrogens is 400 g/mol. The molecule has 1 aliphatic rings. The van der Waals surface area contributed by atoms with Gasteiger partial charge in [-0.15, -0.1) is 0 Å². The summed E-state index contributed by atoms with van der Waals surface area (Å²) in [7, 11) is -3.73. The van der Waals surface area contributed by atoms with Gasteiger partial charge >= 0.3 is 0 Å². The van der Waals surface area contributed by atoms with Crippen molar-refractivity contribution in [1.29, 1.82) is 0 Å². The Bertz CT molecular complexity index is 1120. The molecule has 30 heavy (non-hydrogen) atoms. The van der Waals surface area contributed by atoms with Crippen LogP contribution in [-0.2, 0) is 14.8 Å². The summed E-state index contributed by atoms with van der Waals surface area (Å²) < 4.78 is 32.9. The van der Waals surface area contributed by atoms with Crippen molar-refractivity contribution in [3.05, 3.63) is 84.9 Å². The average Bonchev–Trinajstić information content (AvgIpc) is 2.77. The van der Waals surface area contributed by atoms with Crippen molar-refractivity contribution in [1.82, 2.24) is 4.31 Å². The Morgan fingerprint density at radius 2 is 1.37 bits per heavy atom. The number of anilines is 1. The molecule has 0 aliphatic carbocycles. The molecule has 0 radical (unpaired) electrons. The summed E-state index contributed by atoms with van der Waals surface area (Å²) in [5, 5.41) is 0. The molecule has 1 heterocycles. The van der Waals surface area contributed by atoms with Crippen LogP contribution in [-0.4, -0.2) is 37.8 Å². The molecule has 4 rings (SSSR count). The van der Waals surface area contributed by atoms with Crippen LogP contribution in [0.15, 0.2) is 89.8 Å². The minimum Gasteiger partial charge on any atom is -0.457 e. The van der Waals surface area contributed by atoms with Crippen molar-refractivity contribution in [2.45, 2.75) is 17.9 Å². The highest BCUT2D eigenvalue weighted by molar-refractivity contribution is 7.89. The first-order chi connectivity index (χ1) is 14.5. The number of ether oxygens (including phenoxy) is 1. The Kier molecular flexibility index (Phi) is 5.57. The summed E-state index contributed by atoms with van der Waals surface area (Å²) in [6, 6.07) is 24.1. The predicted molar refractivity (Wildman–Crippen MR) is 115 cm³/mol. The van der Waals surface area contributed by atoms with Crippen LogP contribution in [0.3, 0.4) is 0 Å². The van der Waals surface area contributed by atoms with E-state index in [1.165, 1.54) is 4.31 Å². The Morgan fingerprint density at radius 3 is 2.00 bits per heavy atom. The van der Waals surface area contributed by atoms with Crippen LogP contribution in [0.5, 0.6) is 11.5 Å². The minimum atomic E-state index is -3.73. The Morgan fingerprint density at radius 1 is 0.800 bits per heavy atom. The number of piperazine rings is 1. The molecule has 0 spiro atoms. The van der Waals surface area contributed by atoms with Crippen molar-refractivity contribution < 1.29 is 17.9 Å². The molecule has 1 atom stereocenters. The maximum absolute atomic E-state index is 13.0. The molecule has 0 saturated carbocycles. The Labute approximate surface area is 176 Å². The fourth-order valence-corrected chi connectivity index (χ4v) is 5.08. The van der Waals surface area contributed by atoms with Crippen LogP contribution < -0.4 is 9.64 Å². The van der Waals surface area contributed by atoms with E-state index in [0.29, 0.717) is 11.4 Å². The number of benzene rings is 3. The second-order valence-corrected chi connectivity index (χ2v) is 8.89. The van der Waals surface area contributed by atoms with E-state index in [0.717, 1.165) is 5.75 Å². The molecule has 1 unspecified atom stereocenters. The minimum absolute atomic E-state index is 0.195. The molecule has 0 aromatic heterocycles. The second-order valence-electron chi connectivity index (χ2n) is 7.00. The second kappa shape index (κ2) is 8.30. The lowest BCUT2D eigenvalue weighted by Gasteiger charge is -2.38. The van der Waals surface area contributed by atoms with Gasteiger partial charge in [-0.3, -0.25) is 4.79 Å². The third-order valence-electron chi connectivity index (χ3n) is 5.08. The fourth-order valence-electron chi connectivity index (χ4n) is 3.48. The van der Waals surface area contributed by atoms with E-state index >= 15 is 0 Å². The molecule has 6 nitrogen and oxygen atoms in total. The van der Waals surface area contributed by atoms with E-state index in [2.05, 4.69) is 0 Å². The first-order valence-electron chi connectivity index (χ1n) is 9.68. The zero-order valence-electron chi connectivity index (χ0n) is 16.5. The number of amides is 1. The maximum Gasteiger partial charge on any atom is 0.245 e. The van der Waals surface area contributed by atoms with Crippen LogP contribution >= 0.6 is 0 Å². The zero-order valence-corrected chi connectivity index (χ0v) is 17.3. The van der Waals surface area contributed by atoms with Gasteiger partial charge in [0.2, 0.25) is 15.9 Å². The van der Waals surface area contributed by atoms with E-state index in [4.69, 9.17) is 4.74 Å². The number of para-hydroxylation sites is 1. The summed E-state index contributed by atoms with van der Waals surface area (Å²) in [4.78, 5) is 14.8. The summed E-state index contributed by atoms with van der Waals surface area (Å²) in [5.74, 6) is 1.14. The summed E-state index contributed by atoms with van der Waals surface area (Å²) in [5.41, 5.74) is 0.712. The highest BCUT2D eigenvalue weighted by Crippen LogP contribution is 2.28. The molecule has 3 aromatic rings. The summed E-state index contributed by atoms with van der Waals surface area (Å²) in [6.45, 7) is 2.14. The number of sulfonamides is 1. The molecule has 154 valence electrons. The van der Waals surface area contributed by atoms with Gasteiger partial charge in [-0.05, 0) is 55.5 Å². The summed E-state index contributed by atoms with van der Waals surface area (Å²) >= 11 is 0. The van der Waals surface area contributed by atoms with E-state index in [1.807, 2.05) is 42.5 Å². The highest BCUT2D eigenvalue weighted by Gasteiger charge is 2.39. The molecule has 0 N–H and O–H groups in total. The van der Waals surface area contributed by atoms with E-state index < -0.39 is 16.1 Å². The lowest BCUT2D eigenvalue weighted by molar-refractivity contribution is -0.123. The van der Waals surface area contributed by atoms with Crippen LogP contribution in [0.1, 0.15) is 6.92 Å². The van der Waals surface area contributed by atoms with Crippen molar-refractivity contribution in [3.63, 3.8) is 0 Å². The quantitative estimate of drug-likeness (QED) is 0.625. The standard InChI is InChI=1S/C23H22N2O4S/c1-18-23(26)24(16-17-25(18)30(27,28)22-10-6-3-7-11-22)19-12-14-21(15-13-19)29-20-8-4-2-5-9-20/h2-15,18H,16-17H2,1H3. The van der Waals surface area contributed by atoms with Gasteiger partial charge in [-0.1, -0.05) is 36.4 Å². The van der Waals surface area contributed by atoms with Gasteiger partial charge in [-0.2, -0.15) is 4.31 Å². The number of carbonyl (C=O) groups is 1. The van der Waals surface area contributed by atoms with Gasteiger partial charge in [0.25, 0.3) is 0 Å². The van der Waals surface area contributed by atoms with Crippen molar-refractivity contribution in [2.75, 3.05) is 18.0 Å². The molecule has 1 amide bonds. The van der Waals surface area contributed by atoms with Gasteiger partial charge in [-0.25, -0.2) is 8.42 Å². The van der Waals surface area contributed by atoms with E-state index in [-0.39, 0.29) is 23.9 Å². The van der Waals surface area contributed by atoms with Crippen molar-refractivity contribution >= 4 is 21.6 Å². The fraction of sp³-hybridized carbons (Fsp3) is 0.174. The van der Waals surface area contributed by atoms with Gasteiger partial charge in [0, 0.05) is 18.8 Å². The molecule has 1 saturated heterocycles. The number of hydrogen-bond acceptors (Lipinski definition) is 4. The highest BCUT2D eigenvalue weighted by atomic mass is 32.2. The molecule has 0 bridgehead atoms. The maximum atomic E-state index is 13.0. The van der Waals surface area contributed by atoms with Gasteiger partial charge < -0.3 is 9.64 Å². The SMILES string of the molecule is CC1C(=O)N(c2ccc(Oc3ccccc3)cc2)CCN1S(=O)(=O)c1ccccc1. The monoisotopic (exact) mass is 422 g/mol. The van der Waals surface area contributed by atoms with Crippen LogP contribution in [0, 0.1) is 0 Å². The first kappa shape index (κ1) is 20.1. The average molecular weight is 423 g/mol. The lowest BCUT2D eigenvalue weighted by atomic mass is 10.2. The molecule has 1 aliphatic heterocycles. The van der Waals surface area contributed by atoms with E-state index in [1.54, 1.807) is 54.3 Å². The van der Waals surface area contributed by atoms with Gasteiger partial charge in [0.15, 0.2) is 0 Å². The molecule has 7 heteroatoms. The number of carbonyl (C=O) groups excluding carboxylic acids is 1. The smallest absolute Gasteiger partial charge is 0.245 e. The molecular formula is C23H22N2O4S. The summed E-state index contributed by atoms with van der Waals surface area (Å²) in [6.07, 6.45) is 0. The van der Waals surface area contributed by atoms with E-state index in [9.17, 15) is 13.2 Å². The number of nitrogens with zero attached hydrogens (tertiary/aromatic N) is 2. The van der Waals surface area contributed by atoms with Crippen LogP contribution in [0.4, 0.5) is 5.69 Å². The first-order valence-corrected chi connectivity index (χ1v) is 11.1. The lowest BCUT2D eigenvalue weighted by Crippen LogP contribution is -2.57. The predicted octanol–water partition coefficient (Wildman–Crippen LogP) is 3.90. The number of hydrogen-bond donors (Lipinski definition) is 0. The largest absolute Gasteiger partial charge is 0.457 e. The van der Waals surface area contributed by atoms with Crippen LogP contribution in [0.2, 0.25) is 0 Å². The van der Waals surface area contributed by atoms with Crippen molar-refractivity contribution in [3.8, 4) is 11.5 Å². The van der Waals surface area contributed by atoms with Gasteiger partial charge in [0.05, 0.1) is 4.90 Å². The molecule has 3 aromatic carbocycles. The van der Waals surface area contributed by atoms with Crippen LogP contribution in [0.25, 0.3) is 0 Å².